The molecule has 0 spiro atoms. The molecular formula is C15H18N4O3. The van der Waals surface area contributed by atoms with Crippen LogP contribution in [0.4, 0.5) is 0 Å². The Morgan fingerprint density at radius 3 is 2.64 bits per heavy atom. The average molecular weight is 302 g/mol. The molecule has 1 amide bonds. The molecule has 0 saturated carbocycles. The van der Waals surface area contributed by atoms with Crippen LogP contribution in [-0.2, 0) is 16.1 Å². The maximum absolute atomic E-state index is 12.0. The monoisotopic (exact) mass is 302 g/mol. The number of pyridine rings is 1. The van der Waals surface area contributed by atoms with E-state index in [0.717, 1.165) is 5.56 Å². The van der Waals surface area contributed by atoms with E-state index in [0.29, 0.717) is 5.69 Å². The van der Waals surface area contributed by atoms with Gasteiger partial charge in [0, 0.05) is 18.0 Å². The molecule has 0 fully saturated rings. The first kappa shape index (κ1) is 15.7. The van der Waals surface area contributed by atoms with Crippen molar-refractivity contribution in [3.63, 3.8) is 0 Å². The van der Waals surface area contributed by atoms with Gasteiger partial charge in [-0.05, 0) is 39.0 Å². The van der Waals surface area contributed by atoms with Crippen molar-refractivity contribution in [2.45, 2.75) is 32.9 Å². The maximum atomic E-state index is 12.0. The summed E-state index contributed by atoms with van der Waals surface area (Å²) >= 11 is 0. The smallest absolute Gasteiger partial charge is 0.328 e. The van der Waals surface area contributed by atoms with Crippen LogP contribution >= 0.6 is 0 Å². The highest BCUT2D eigenvalue weighted by Crippen LogP contribution is 2.20. The van der Waals surface area contributed by atoms with E-state index in [1.807, 2.05) is 0 Å². The van der Waals surface area contributed by atoms with Crippen molar-refractivity contribution >= 4 is 11.9 Å². The third-order valence-electron chi connectivity index (χ3n) is 2.69. The number of rotatable bonds is 4. The van der Waals surface area contributed by atoms with Gasteiger partial charge in [-0.15, -0.1) is 0 Å². The maximum Gasteiger partial charge on any atom is 0.328 e. The molecule has 0 unspecified atom stereocenters. The summed E-state index contributed by atoms with van der Waals surface area (Å²) in [6, 6.07) is 5.09. The lowest BCUT2D eigenvalue weighted by Crippen LogP contribution is -2.27. The highest BCUT2D eigenvalue weighted by atomic mass is 16.6. The van der Waals surface area contributed by atoms with E-state index in [2.05, 4.69) is 10.1 Å². The van der Waals surface area contributed by atoms with Crippen LogP contribution in [0.25, 0.3) is 11.3 Å². The van der Waals surface area contributed by atoms with Gasteiger partial charge >= 0.3 is 5.97 Å². The molecule has 0 aliphatic heterocycles. The topological polar surface area (TPSA) is 100 Å². The third-order valence-corrected chi connectivity index (χ3v) is 2.69. The molecule has 2 aromatic rings. The number of nitrogens with zero attached hydrogens (tertiary/aromatic N) is 3. The second-order valence-electron chi connectivity index (χ2n) is 5.76. The fourth-order valence-electron chi connectivity index (χ4n) is 1.90. The number of ether oxygens (including phenoxy) is 1. The van der Waals surface area contributed by atoms with Crippen molar-refractivity contribution in [3.05, 3.63) is 36.3 Å². The molecule has 2 heterocycles. The van der Waals surface area contributed by atoms with E-state index in [1.165, 1.54) is 10.7 Å². The third kappa shape index (κ3) is 3.91. The van der Waals surface area contributed by atoms with Crippen LogP contribution in [0.15, 0.2) is 30.6 Å². The van der Waals surface area contributed by atoms with Crippen LogP contribution in [0.1, 0.15) is 31.3 Å². The predicted molar refractivity (Wildman–Crippen MR) is 79.8 cm³/mol. The van der Waals surface area contributed by atoms with Crippen molar-refractivity contribution in [3.8, 4) is 11.3 Å². The quantitative estimate of drug-likeness (QED) is 0.860. The highest BCUT2D eigenvalue weighted by Gasteiger charge is 2.20. The Hall–Kier alpha value is -2.70. The lowest BCUT2D eigenvalue weighted by molar-refractivity contribution is -0.155. The van der Waals surface area contributed by atoms with Crippen LogP contribution in [0.5, 0.6) is 0 Å². The summed E-state index contributed by atoms with van der Waals surface area (Å²) in [4.78, 5) is 27.3. The minimum atomic E-state index is -0.659. The van der Waals surface area contributed by atoms with E-state index < -0.39 is 17.5 Å². The fraction of sp³-hybridized carbons (Fsp3) is 0.333. The summed E-state index contributed by atoms with van der Waals surface area (Å²) in [6.45, 7) is 5.23. The van der Waals surface area contributed by atoms with E-state index in [4.69, 9.17) is 10.5 Å². The first-order chi connectivity index (χ1) is 10.3. The number of hydrogen-bond donors (Lipinski definition) is 1. The van der Waals surface area contributed by atoms with E-state index >= 15 is 0 Å². The van der Waals surface area contributed by atoms with Crippen LogP contribution in [0, 0.1) is 0 Å². The molecule has 2 rings (SSSR count). The molecule has 2 aromatic heterocycles. The summed E-state index contributed by atoms with van der Waals surface area (Å²) in [5, 5.41) is 4.07. The van der Waals surface area contributed by atoms with Crippen LogP contribution < -0.4 is 5.73 Å². The Bertz CT molecular complexity index is 687. The van der Waals surface area contributed by atoms with Gasteiger partial charge in [0.2, 0.25) is 0 Å². The molecule has 0 aliphatic carbocycles. The number of hydrogen-bond acceptors (Lipinski definition) is 5. The van der Waals surface area contributed by atoms with Gasteiger partial charge < -0.3 is 10.5 Å². The number of nitrogens with two attached hydrogens (primary N) is 1. The minimum Gasteiger partial charge on any atom is -0.459 e. The molecule has 116 valence electrons. The standard InChI is InChI=1S/C15H18N4O3/c1-15(2,3)22-13(20)9-19-12(7-11(18-19)14(16)21)10-5-4-6-17-8-10/h4-8H,9H2,1-3H3,(H2,16,21). The van der Waals surface area contributed by atoms with Gasteiger partial charge in [0.1, 0.15) is 12.1 Å². The fourth-order valence-corrected chi connectivity index (χ4v) is 1.90. The first-order valence-corrected chi connectivity index (χ1v) is 6.76. The van der Waals surface area contributed by atoms with Gasteiger partial charge in [-0.3, -0.25) is 19.3 Å². The molecule has 22 heavy (non-hydrogen) atoms. The zero-order valence-corrected chi connectivity index (χ0v) is 12.7. The Balaban J connectivity index is 2.34. The van der Waals surface area contributed by atoms with Crippen LogP contribution in [0.3, 0.4) is 0 Å². The highest BCUT2D eigenvalue weighted by molar-refractivity contribution is 5.92. The molecule has 2 N–H and O–H groups in total. The summed E-state index contributed by atoms with van der Waals surface area (Å²) in [7, 11) is 0. The summed E-state index contributed by atoms with van der Waals surface area (Å²) in [6.07, 6.45) is 3.25. The SMILES string of the molecule is CC(C)(C)OC(=O)Cn1nc(C(N)=O)cc1-c1cccnc1. The molecule has 0 radical (unpaired) electrons. The average Bonchev–Trinajstić information content (AvgIpc) is 2.81. The van der Waals surface area contributed by atoms with Crippen molar-refractivity contribution < 1.29 is 14.3 Å². The second kappa shape index (κ2) is 5.97. The zero-order chi connectivity index (χ0) is 16.3. The summed E-state index contributed by atoms with van der Waals surface area (Å²) in [5.74, 6) is -1.11. The Kier molecular flexibility index (Phi) is 4.25. The molecule has 0 saturated heterocycles. The predicted octanol–water partition coefficient (Wildman–Crippen LogP) is 1.39. The number of primary amides is 1. The van der Waals surface area contributed by atoms with E-state index in [-0.39, 0.29) is 12.2 Å². The van der Waals surface area contributed by atoms with Crippen molar-refractivity contribution in [1.82, 2.24) is 14.8 Å². The number of carbonyl (C=O) groups excluding carboxylic acids is 2. The summed E-state index contributed by atoms with van der Waals surface area (Å²) in [5.41, 5.74) is 6.06. The normalized spacial score (nSPS) is 11.2. The number of aromatic nitrogens is 3. The molecule has 0 aliphatic rings. The van der Waals surface area contributed by atoms with Crippen molar-refractivity contribution in [2.24, 2.45) is 5.73 Å². The Morgan fingerprint density at radius 2 is 2.09 bits per heavy atom. The van der Waals surface area contributed by atoms with Crippen LogP contribution in [-0.4, -0.2) is 32.2 Å². The van der Waals surface area contributed by atoms with Gasteiger partial charge in [-0.2, -0.15) is 5.10 Å². The number of amides is 1. The van der Waals surface area contributed by atoms with Gasteiger partial charge in [0.05, 0.1) is 5.69 Å². The van der Waals surface area contributed by atoms with Crippen molar-refractivity contribution in [2.75, 3.05) is 0 Å². The number of esters is 1. The first-order valence-electron chi connectivity index (χ1n) is 6.76. The number of carbonyl (C=O) groups is 2. The van der Waals surface area contributed by atoms with Gasteiger partial charge in [0.15, 0.2) is 5.69 Å². The molecule has 7 nitrogen and oxygen atoms in total. The van der Waals surface area contributed by atoms with Gasteiger partial charge in [-0.1, -0.05) is 0 Å². The van der Waals surface area contributed by atoms with E-state index in [1.54, 1.807) is 45.3 Å². The summed E-state index contributed by atoms with van der Waals surface area (Å²) < 4.78 is 6.66. The van der Waals surface area contributed by atoms with Gasteiger partial charge in [0.25, 0.3) is 5.91 Å². The molecule has 0 atom stereocenters. The lowest BCUT2D eigenvalue weighted by Gasteiger charge is -2.19. The minimum absolute atomic E-state index is 0.0856. The lowest BCUT2D eigenvalue weighted by atomic mass is 10.2. The van der Waals surface area contributed by atoms with E-state index in [9.17, 15) is 9.59 Å². The van der Waals surface area contributed by atoms with Crippen LogP contribution in [0.2, 0.25) is 0 Å². The molecule has 0 aromatic carbocycles. The second-order valence-corrected chi connectivity index (χ2v) is 5.76. The molecule has 7 heteroatoms. The molecular weight excluding hydrogens is 284 g/mol. The Morgan fingerprint density at radius 1 is 1.36 bits per heavy atom. The molecule has 0 bridgehead atoms. The van der Waals surface area contributed by atoms with Crippen molar-refractivity contribution in [1.29, 1.82) is 0 Å². The Labute approximate surface area is 128 Å². The zero-order valence-electron chi connectivity index (χ0n) is 12.7. The largest absolute Gasteiger partial charge is 0.459 e. The van der Waals surface area contributed by atoms with Gasteiger partial charge in [-0.25, -0.2) is 0 Å².